The summed E-state index contributed by atoms with van der Waals surface area (Å²) in [5.74, 6) is 1.05. The Bertz CT molecular complexity index is 783. The molecule has 1 amide bonds. The molecule has 0 spiro atoms. The number of methoxy groups -OCH3 is 1. The van der Waals surface area contributed by atoms with Gasteiger partial charge in [-0.05, 0) is 54.7 Å². The lowest BCUT2D eigenvalue weighted by Crippen LogP contribution is -3.13. The SMILES string of the molecule is COc1ccc(C[NH+](CC(=O)N[C@@H]2CCCc3ccccc32)C2CC2)cc1. The van der Waals surface area contributed by atoms with Crippen LogP contribution in [0.2, 0.25) is 0 Å². The van der Waals surface area contributed by atoms with E-state index in [4.69, 9.17) is 4.74 Å². The van der Waals surface area contributed by atoms with Crippen LogP contribution in [0.25, 0.3) is 0 Å². The van der Waals surface area contributed by atoms with Crippen LogP contribution in [0, 0.1) is 0 Å². The van der Waals surface area contributed by atoms with Crippen LogP contribution in [0.5, 0.6) is 5.75 Å². The van der Waals surface area contributed by atoms with Crippen LogP contribution in [0.1, 0.15) is 48.4 Å². The maximum atomic E-state index is 12.8. The highest BCUT2D eigenvalue weighted by molar-refractivity contribution is 5.77. The zero-order chi connectivity index (χ0) is 18.6. The smallest absolute Gasteiger partial charge is 0.275 e. The van der Waals surface area contributed by atoms with Crippen LogP contribution >= 0.6 is 0 Å². The number of nitrogens with one attached hydrogen (secondary N) is 2. The summed E-state index contributed by atoms with van der Waals surface area (Å²) >= 11 is 0. The van der Waals surface area contributed by atoms with E-state index < -0.39 is 0 Å². The molecule has 2 aromatic carbocycles. The number of aryl methyl sites for hydroxylation is 1. The zero-order valence-electron chi connectivity index (χ0n) is 16.0. The van der Waals surface area contributed by atoms with Crippen LogP contribution < -0.4 is 15.0 Å². The molecule has 4 heteroatoms. The molecule has 2 atom stereocenters. The fourth-order valence-corrected chi connectivity index (χ4v) is 4.20. The molecule has 0 saturated heterocycles. The van der Waals surface area contributed by atoms with Crippen molar-refractivity contribution in [3.63, 3.8) is 0 Å². The van der Waals surface area contributed by atoms with E-state index in [1.165, 1.54) is 34.4 Å². The third kappa shape index (κ3) is 4.51. The first kappa shape index (κ1) is 18.1. The highest BCUT2D eigenvalue weighted by Gasteiger charge is 2.35. The number of amides is 1. The molecule has 0 radical (unpaired) electrons. The van der Waals surface area contributed by atoms with Crippen molar-refractivity contribution >= 4 is 5.91 Å². The highest BCUT2D eigenvalue weighted by Crippen LogP contribution is 2.29. The zero-order valence-corrected chi connectivity index (χ0v) is 16.0. The molecule has 2 aliphatic carbocycles. The molecular weight excluding hydrogens is 336 g/mol. The van der Waals surface area contributed by atoms with Gasteiger partial charge in [0.25, 0.3) is 5.91 Å². The van der Waals surface area contributed by atoms with Crippen LogP contribution in [0.4, 0.5) is 0 Å². The predicted molar refractivity (Wildman–Crippen MR) is 106 cm³/mol. The first-order valence-corrected chi connectivity index (χ1v) is 10.1. The monoisotopic (exact) mass is 365 g/mol. The fraction of sp³-hybridized carbons (Fsp3) is 0.435. The summed E-state index contributed by atoms with van der Waals surface area (Å²) in [6.45, 7) is 1.44. The first-order chi connectivity index (χ1) is 13.2. The van der Waals surface area contributed by atoms with Gasteiger partial charge in [0, 0.05) is 18.4 Å². The lowest BCUT2D eigenvalue weighted by molar-refractivity contribution is -0.917. The largest absolute Gasteiger partial charge is 0.497 e. The van der Waals surface area contributed by atoms with Crippen molar-refractivity contribution in [1.29, 1.82) is 0 Å². The van der Waals surface area contributed by atoms with Crippen LogP contribution in [0.3, 0.4) is 0 Å². The second-order valence-electron chi connectivity index (χ2n) is 7.85. The maximum absolute atomic E-state index is 12.8. The average Bonchev–Trinajstić information content (AvgIpc) is 3.54. The molecule has 4 nitrogen and oxygen atoms in total. The molecule has 0 aromatic heterocycles. The number of fused-ring (bicyclic) bond motifs is 1. The van der Waals surface area contributed by atoms with Crippen molar-refractivity contribution in [2.45, 2.75) is 50.7 Å². The van der Waals surface area contributed by atoms with E-state index in [2.05, 4.69) is 41.7 Å². The Morgan fingerprint density at radius 3 is 2.63 bits per heavy atom. The minimum Gasteiger partial charge on any atom is -0.497 e. The fourth-order valence-electron chi connectivity index (χ4n) is 4.20. The maximum Gasteiger partial charge on any atom is 0.275 e. The standard InChI is InChI=1S/C23H28N2O2/c1-27-20-13-9-17(10-14-20)15-25(19-11-12-19)16-23(26)24-22-8-4-6-18-5-2-3-7-21(18)22/h2-3,5,7,9-10,13-14,19,22H,4,6,8,11-12,15-16H2,1H3,(H,24,26)/p+1/t22-/m1/s1. The Hall–Kier alpha value is -2.33. The van der Waals surface area contributed by atoms with E-state index in [9.17, 15) is 4.79 Å². The molecular formula is C23H29N2O2+. The summed E-state index contributed by atoms with van der Waals surface area (Å²) < 4.78 is 5.24. The Balaban J connectivity index is 1.38. The second kappa shape index (κ2) is 8.13. The molecule has 2 N–H and O–H groups in total. The van der Waals surface area contributed by atoms with Gasteiger partial charge in [-0.15, -0.1) is 0 Å². The molecule has 27 heavy (non-hydrogen) atoms. The topological polar surface area (TPSA) is 42.8 Å². The molecule has 0 bridgehead atoms. The van der Waals surface area contributed by atoms with Gasteiger partial charge in [0.05, 0.1) is 19.2 Å². The van der Waals surface area contributed by atoms with E-state index in [0.29, 0.717) is 12.6 Å². The molecule has 1 fully saturated rings. The lowest BCUT2D eigenvalue weighted by atomic mass is 9.88. The Morgan fingerprint density at radius 2 is 1.89 bits per heavy atom. The van der Waals surface area contributed by atoms with Crippen LogP contribution in [-0.2, 0) is 17.8 Å². The number of hydrogen-bond donors (Lipinski definition) is 2. The van der Waals surface area contributed by atoms with Crippen molar-refractivity contribution in [2.75, 3.05) is 13.7 Å². The van der Waals surface area contributed by atoms with Gasteiger partial charge in [-0.3, -0.25) is 4.79 Å². The number of rotatable bonds is 7. The molecule has 1 unspecified atom stereocenters. The van der Waals surface area contributed by atoms with Crippen molar-refractivity contribution in [3.8, 4) is 5.75 Å². The van der Waals surface area contributed by atoms with Gasteiger partial charge in [0.2, 0.25) is 0 Å². The molecule has 2 aromatic rings. The van der Waals surface area contributed by atoms with Gasteiger partial charge < -0.3 is 15.0 Å². The van der Waals surface area contributed by atoms with Gasteiger partial charge in [-0.2, -0.15) is 0 Å². The summed E-state index contributed by atoms with van der Waals surface area (Å²) in [6, 6.07) is 17.5. The number of ether oxygens (including phenoxy) is 1. The molecule has 4 rings (SSSR count). The van der Waals surface area contributed by atoms with Crippen LogP contribution in [0.15, 0.2) is 48.5 Å². The van der Waals surface area contributed by atoms with Crippen LogP contribution in [-0.4, -0.2) is 25.6 Å². The Labute approximate surface area is 161 Å². The van der Waals surface area contributed by atoms with Gasteiger partial charge in [0.15, 0.2) is 6.54 Å². The predicted octanol–water partition coefficient (Wildman–Crippen LogP) is 2.44. The van der Waals surface area contributed by atoms with Gasteiger partial charge in [-0.1, -0.05) is 24.3 Å². The minimum absolute atomic E-state index is 0.170. The Kier molecular flexibility index (Phi) is 5.44. The van der Waals surface area contributed by atoms with E-state index in [-0.39, 0.29) is 11.9 Å². The summed E-state index contributed by atoms with van der Waals surface area (Å²) in [5, 5.41) is 3.31. The summed E-state index contributed by atoms with van der Waals surface area (Å²) in [6.07, 6.45) is 5.77. The minimum atomic E-state index is 0.170. The number of hydrogen-bond acceptors (Lipinski definition) is 2. The first-order valence-electron chi connectivity index (χ1n) is 10.1. The third-order valence-electron chi connectivity index (χ3n) is 5.84. The molecule has 0 aliphatic heterocycles. The van der Waals surface area contributed by atoms with E-state index in [0.717, 1.165) is 31.6 Å². The van der Waals surface area contributed by atoms with Gasteiger partial charge in [-0.25, -0.2) is 0 Å². The number of carbonyl (C=O) groups is 1. The van der Waals surface area contributed by atoms with E-state index in [1.54, 1.807) is 7.11 Å². The molecule has 2 aliphatic rings. The molecule has 0 heterocycles. The number of quaternary nitrogens is 1. The van der Waals surface area contributed by atoms with Crippen molar-refractivity contribution in [3.05, 3.63) is 65.2 Å². The third-order valence-corrected chi connectivity index (χ3v) is 5.84. The summed E-state index contributed by atoms with van der Waals surface area (Å²) in [5.41, 5.74) is 3.95. The average molecular weight is 365 g/mol. The molecule has 142 valence electrons. The van der Waals surface area contributed by atoms with E-state index in [1.807, 2.05) is 12.1 Å². The van der Waals surface area contributed by atoms with Gasteiger partial charge in [0.1, 0.15) is 12.3 Å². The van der Waals surface area contributed by atoms with Gasteiger partial charge >= 0.3 is 0 Å². The van der Waals surface area contributed by atoms with Crippen molar-refractivity contribution in [2.24, 2.45) is 0 Å². The summed E-state index contributed by atoms with van der Waals surface area (Å²) in [4.78, 5) is 14.2. The normalized spacial score (nSPS) is 19.8. The van der Waals surface area contributed by atoms with Crippen molar-refractivity contribution < 1.29 is 14.4 Å². The number of benzene rings is 2. The summed E-state index contributed by atoms with van der Waals surface area (Å²) in [7, 11) is 1.69. The number of carbonyl (C=O) groups excluding carboxylic acids is 1. The van der Waals surface area contributed by atoms with E-state index >= 15 is 0 Å². The molecule has 1 saturated carbocycles. The second-order valence-corrected chi connectivity index (χ2v) is 7.85. The van der Waals surface area contributed by atoms with Crippen molar-refractivity contribution in [1.82, 2.24) is 5.32 Å². The Morgan fingerprint density at radius 1 is 1.11 bits per heavy atom. The quantitative estimate of drug-likeness (QED) is 0.791. The lowest BCUT2D eigenvalue weighted by Gasteiger charge is -2.27. The highest BCUT2D eigenvalue weighted by atomic mass is 16.5.